The number of aliphatic carboxylic acids is 1. The van der Waals surface area contributed by atoms with E-state index in [-0.39, 0.29) is 5.57 Å². The summed E-state index contributed by atoms with van der Waals surface area (Å²) in [6, 6.07) is 13.8. The van der Waals surface area contributed by atoms with Crippen molar-refractivity contribution < 1.29 is 9.90 Å². The molecule has 0 fully saturated rings. The van der Waals surface area contributed by atoms with Crippen LogP contribution in [0.15, 0.2) is 48.5 Å². The van der Waals surface area contributed by atoms with Gasteiger partial charge in [0, 0.05) is 15.6 Å². The van der Waals surface area contributed by atoms with Crippen LogP contribution in [0.4, 0.5) is 0 Å². The third-order valence-corrected chi connectivity index (χ3v) is 3.12. The molecule has 4 heteroatoms. The van der Waals surface area contributed by atoms with E-state index in [0.29, 0.717) is 21.2 Å². The number of carbonyl (C=O) groups is 1. The van der Waals surface area contributed by atoms with E-state index in [9.17, 15) is 9.90 Å². The van der Waals surface area contributed by atoms with E-state index >= 15 is 0 Å². The van der Waals surface area contributed by atoms with Crippen molar-refractivity contribution in [3.8, 4) is 0 Å². The summed E-state index contributed by atoms with van der Waals surface area (Å²) < 4.78 is 0. The van der Waals surface area contributed by atoms with Gasteiger partial charge in [0.1, 0.15) is 0 Å². The van der Waals surface area contributed by atoms with Crippen molar-refractivity contribution in [2.45, 2.75) is 0 Å². The number of hydrogen-bond acceptors (Lipinski definition) is 1. The molecule has 0 saturated heterocycles. The normalized spacial score (nSPS) is 11.4. The van der Waals surface area contributed by atoms with Crippen molar-refractivity contribution in [3.05, 3.63) is 69.7 Å². The summed E-state index contributed by atoms with van der Waals surface area (Å²) in [6.07, 6.45) is 1.55. The smallest absolute Gasteiger partial charge is 0.336 e. The van der Waals surface area contributed by atoms with Gasteiger partial charge in [-0.1, -0.05) is 53.5 Å². The SMILES string of the molecule is O=C(O)/C(=C/c1cccc(Cl)c1)c1ccccc1Cl. The summed E-state index contributed by atoms with van der Waals surface area (Å²) in [6.45, 7) is 0. The van der Waals surface area contributed by atoms with Crippen molar-refractivity contribution in [1.29, 1.82) is 0 Å². The summed E-state index contributed by atoms with van der Waals surface area (Å²) in [5.74, 6) is -1.03. The molecule has 0 radical (unpaired) electrons. The van der Waals surface area contributed by atoms with Crippen molar-refractivity contribution >= 4 is 40.8 Å². The first-order valence-corrected chi connectivity index (χ1v) is 6.29. The maximum Gasteiger partial charge on any atom is 0.336 e. The van der Waals surface area contributed by atoms with E-state index < -0.39 is 5.97 Å². The molecule has 2 aromatic carbocycles. The lowest BCUT2D eigenvalue weighted by Gasteiger charge is -2.05. The standard InChI is InChI=1S/C15H10Cl2O2/c16-11-5-3-4-10(8-11)9-13(15(18)19)12-6-1-2-7-14(12)17/h1-9H,(H,18,19)/b13-9+. The van der Waals surface area contributed by atoms with Crippen LogP contribution in [0.3, 0.4) is 0 Å². The Morgan fingerprint density at radius 2 is 1.79 bits per heavy atom. The first-order chi connectivity index (χ1) is 9.08. The minimum atomic E-state index is -1.03. The van der Waals surface area contributed by atoms with Gasteiger partial charge in [-0.15, -0.1) is 0 Å². The lowest BCUT2D eigenvalue weighted by atomic mass is 10.0. The minimum Gasteiger partial charge on any atom is -0.478 e. The molecule has 0 atom stereocenters. The van der Waals surface area contributed by atoms with Crippen LogP contribution in [-0.4, -0.2) is 11.1 Å². The third-order valence-electron chi connectivity index (χ3n) is 2.55. The van der Waals surface area contributed by atoms with E-state index in [1.807, 2.05) is 0 Å². The summed E-state index contributed by atoms with van der Waals surface area (Å²) in [7, 11) is 0. The molecule has 0 aliphatic heterocycles. The predicted molar refractivity (Wildman–Crippen MR) is 78.4 cm³/mol. The van der Waals surface area contributed by atoms with Crippen molar-refractivity contribution in [1.82, 2.24) is 0 Å². The number of carboxylic acids is 1. The Morgan fingerprint density at radius 3 is 2.42 bits per heavy atom. The molecule has 2 aromatic rings. The Labute approximate surface area is 120 Å². The van der Waals surface area contributed by atoms with E-state index in [4.69, 9.17) is 23.2 Å². The van der Waals surface area contributed by atoms with Crippen molar-refractivity contribution in [3.63, 3.8) is 0 Å². The molecular formula is C15H10Cl2O2. The Balaban J connectivity index is 2.53. The third kappa shape index (κ3) is 3.37. The largest absolute Gasteiger partial charge is 0.478 e. The highest BCUT2D eigenvalue weighted by Crippen LogP contribution is 2.26. The van der Waals surface area contributed by atoms with Gasteiger partial charge in [-0.05, 0) is 29.8 Å². The summed E-state index contributed by atoms with van der Waals surface area (Å²) in [5.41, 5.74) is 1.33. The van der Waals surface area contributed by atoms with Gasteiger partial charge in [0.05, 0.1) is 5.57 Å². The predicted octanol–water partition coefficient (Wildman–Crippen LogP) is 4.62. The zero-order valence-corrected chi connectivity index (χ0v) is 11.3. The number of halogens is 2. The summed E-state index contributed by atoms with van der Waals surface area (Å²) in [5, 5.41) is 10.3. The minimum absolute atomic E-state index is 0.132. The zero-order valence-electron chi connectivity index (χ0n) is 9.81. The second-order valence-corrected chi connectivity index (χ2v) is 4.74. The molecular weight excluding hydrogens is 283 g/mol. The Hall–Kier alpha value is -1.77. The highest BCUT2D eigenvalue weighted by atomic mass is 35.5. The van der Waals surface area contributed by atoms with Crippen LogP contribution in [0.5, 0.6) is 0 Å². The first-order valence-electron chi connectivity index (χ1n) is 5.53. The fraction of sp³-hybridized carbons (Fsp3) is 0. The Bertz CT molecular complexity index is 648. The molecule has 0 amide bonds. The maximum absolute atomic E-state index is 11.4. The molecule has 0 heterocycles. The number of carboxylic acid groups (broad SMARTS) is 1. The van der Waals surface area contributed by atoms with Gasteiger partial charge < -0.3 is 5.11 Å². The van der Waals surface area contributed by atoms with Crippen LogP contribution in [0.1, 0.15) is 11.1 Å². The molecule has 0 unspecified atom stereocenters. The van der Waals surface area contributed by atoms with Gasteiger partial charge in [0.25, 0.3) is 0 Å². The molecule has 0 aromatic heterocycles. The molecule has 2 nitrogen and oxygen atoms in total. The summed E-state index contributed by atoms with van der Waals surface area (Å²) >= 11 is 11.9. The van der Waals surface area contributed by atoms with E-state index in [2.05, 4.69) is 0 Å². The van der Waals surface area contributed by atoms with Crippen LogP contribution >= 0.6 is 23.2 Å². The molecule has 0 bridgehead atoms. The van der Waals surface area contributed by atoms with E-state index in [1.165, 1.54) is 0 Å². The zero-order chi connectivity index (χ0) is 13.8. The van der Waals surface area contributed by atoms with Crippen molar-refractivity contribution in [2.24, 2.45) is 0 Å². The molecule has 1 N–H and O–H groups in total. The van der Waals surface area contributed by atoms with Gasteiger partial charge >= 0.3 is 5.97 Å². The van der Waals surface area contributed by atoms with E-state index in [1.54, 1.807) is 54.6 Å². The molecule has 0 aliphatic carbocycles. The molecule has 2 rings (SSSR count). The molecule has 96 valence electrons. The lowest BCUT2D eigenvalue weighted by molar-refractivity contribution is -0.130. The Kier molecular flexibility index (Phi) is 4.25. The molecule has 19 heavy (non-hydrogen) atoms. The average molecular weight is 293 g/mol. The number of benzene rings is 2. The first kappa shape index (κ1) is 13.7. The van der Waals surface area contributed by atoms with E-state index in [0.717, 1.165) is 0 Å². The van der Waals surface area contributed by atoms with Crippen LogP contribution < -0.4 is 0 Å². The van der Waals surface area contributed by atoms with Crippen LogP contribution in [-0.2, 0) is 4.79 Å². The van der Waals surface area contributed by atoms with Crippen molar-refractivity contribution in [2.75, 3.05) is 0 Å². The van der Waals surface area contributed by atoms with Gasteiger partial charge in [0.15, 0.2) is 0 Å². The fourth-order valence-electron chi connectivity index (χ4n) is 1.70. The van der Waals surface area contributed by atoms with Crippen LogP contribution in [0, 0.1) is 0 Å². The quantitative estimate of drug-likeness (QED) is 0.662. The van der Waals surface area contributed by atoms with Crippen LogP contribution in [0.25, 0.3) is 11.6 Å². The maximum atomic E-state index is 11.4. The highest BCUT2D eigenvalue weighted by Gasteiger charge is 2.13. The fourth-order valence-corrected chi connectivity index (χ4v) is 2.13. The van der Waals surface area contributed by atoms with Gasteiger partial charge in [-0.25, -0.2) is 4.79 Å². The van der Waals surface area contributed by atoms with Gasteiger partial charge in [0.2, 0.25) is 0 Å². The second-order valence-electron chi connectivity index (χ2n) is 3.90. The molecule has 0 spiro atoms. The lowest BCUT2D eigenvalue weighted by Crippen LogP contribution is -2.00. The molecule has 0 aliphatic rings. The highest BCUT2D eigenvalue weighted by molar-refractivity contribution is 6.35. The average Bonchev–Trinajstić information content (AvgIpc) is 2.37. The topological polar surface area (TPSA) is 37.3 Å². The van der Waals surface area contributed by atoms with Crippen LogP contribution in [0.2, 0.25) is 10.0 Å². The Morgan fingerprint density at radius 1 is 1.05 bits per heavy atom. The van der Waals surface area contributed by atoms with Gasteiger partial charge in [-0.2, -0.15) is 0 Å². The van der Waals surface area contributed by atoms with Gasteiger partial charge in [-0.3, -0.25) is 0 Å². The number of rotatable bonds is 3. The monoisotopic (exact) mass is 292 g/mol. The second kappa shape index (κ2) is 5.91. The number of hydrogen-bond donors (Lipinski definition) is 1. The summed E-state index contributed by atoms with van der Waals surface area (Å²) in [4.78, 5) is 11.4. The molecule has 0 saturated carbocycles.